The Morgan fingerprint density at radius 2 is 0.400 bits per heavy atom. The summed E-state index contributed by atoms with van der Waals surface area (Å²) < 4.78 is 0. The van der Waals surface area contributed by atoms with Gasteiger partial charge in [-0.15, -0.1) is 0 Å². The summed E-state index contributed by atoms with van der Waals surface area (Å²) in [5, 5.41) is 9.46. The van der Waals surface area contributed by atoms with Gasteiger partial charge in [-0.2, -0.15) is 0 Å². The summed E-state index contributed by atoms with van der Waals surface area (Å²) in [6.07, 6.45) is 0. The second-order valence-electron chi connectivity index (χ2n) is 30.5. The van der Waals surface area contributed by atoms with Crippen molar-refractivity contribution in [2.24, 2.45) is 0 Å². The minimum absolute atomic E-state index is 0.286. The fourth-order valence-corrected chi connectivity index (χ4v) is 17.8. The maximum Gasteiger partial charge on any atom is 0.252 e. The zero-order valence-corrected chi connectivity index (χ0v) is 62.9. The Bertz CT molecular complexity index is 6530. The molecule has 0 saturated carbocycles. The molecule has 534 valence electrons. The van der Waals surface area contributed by atoms with Crippen LogP contribution in [0, 0.1) is 0 Å². The Labute approximate surface area is 669 Å². The van der Waals surface area contributed by atoms with E-state index in [1.165, 1.54) is 48.7 Å². The number of anilines is 6. The van der Waals surface area contributed by atoms with Gasteiger partial charge in [-0.3, -0.25) is 0 Å². The van der Waals surface area contributed by atoms with Crippen molar-refractivity contribution < 1.29 is 0 Å². The molecule has 3 heterocycles. The lowest BCUT2D eigenvalue weighted by molar-refractivity contribution is 1.18. The largest absolute Gasteiger partial charge is 0.311 e. The molecule has 2 aliphatic rings. The first-order valence-electron chi connectivity index (χ1n) is 39.6. The molecule has 4 nitrogen and oxygen atoms in total. The summed E-state index contributed by atoms with van der Waals surface area (Å²) in [6.45, 7) is -0.286. The lowest BCUT2D eigenvalue weighted by Crippen LogP contribution is -2.61. The van der Waals surface area contributed by atoms with Gasteiger partial charge in [0.25, 0.3) is 6.71 Å². The van der Waals surface area contributed by atoms with Crippen LogP contribution in [0.4, 0.5) is 34.1 Å². The van der Waals surface area contributed by atoms with E-state index < -0.39 is 0 Å². The molecule has 0 aliphatic carbocycles. The molecule has 0 atom stereocenters. The van der Waals surface area contributed by atoms with Crippen LogP contribution in [0.15, 0.2) is 431 Å². The third-order valence-electron chi connectivity index (χ3n) is 23.4. The number of aromatic nitrogens is 2. The standard InChI is InChI=1S/C110H71BN4/c1-9-29-72(30-10-1)84-53-85(73-31-11-2-12-32-73)58-96(57-84)103-71-104(113-110(112-103)98-59-86(74-33-13-3-14-34-74)54-87(60-98)75-35-15-4-16-36-75)97-69-107-109-108(70-97)115(100-63-90(78-41-21-7-22-42-78)56-91(64-100)79-43-23-8-24-44-79)106-68-95-52-83-48-28-26-46-81(83)50-93(95)66-102(106)111(109)101-65-92-49-80-45-25-27-47-82(80)51-94(92)67-105(101)114(107)99-61-88(76-37-17-5-18-38-76)55-89(62-99)77-39-19-6-20-40-77/h1-71H. The van der Waals surface area contributed by atoms with Gasteiger partial charge >= 0.3 is 0 Å². The molecule has 0 fully saturated rings. The molecule has 0 bridgehead atoms. The first kappa shape index (κ1) is 66.9. The van der Waals surface area contributed by atoms with Gasteiger partial charge in [-0.1, -0.05) is 303 Å². The molecule has 0 amide bonds. The second kappa shape index (κ2) is 28.1. The van der Waals surface area contributed by atoms with Crippen LogP contribution in [0.25, 0.3) is 166 Å². The van der Waals surface area contributed by atoms with Crippen molar-refractivity contribution in [1.82, 2.24) is 9.97 Å². The number of hydrogen-bond donors (Lipinski definition) is 0. The maximum absolute atomic E-state index is 6.08. The van der Waals surface area contributed by atoms with E-state index in [9.17, 15) is 0 Å². The monoisotopic (exact) mass is 1460 g/mol. The van der Waals surface area contributed by atoms with Crippen molar-refractivity contribution in [2.45, 2.75) is 0 Å². The summed E-state index contributed by atoms with van der Waals surface area (Å²) in [7, 11) is 0. The van der Waals surface area contributed by atoms with Gasteiger partial charge in [-0.05, 0) is 276 Å². The van der Waals surface area contributed by atoms with Crippen LogP contribution < -0.4 is 26.2 Å². The lowest BCUT2D eigenvalue weighted by Gasteiger charge is -2.45. The highest BCUT2D eigenvalue weighted by atomic mass is 15.2. The molecular formula is C110H71BN4. The predicted molar refractivity (Wildman–Crippen MR) is 486 cm³/mol. The average Bonchev–Trinajstić information content (AvgIpc) is 0.687. The number of nitrogens with zero attached hydrogens (tertiary/aromatic N) is 4. The zero-order valence-electron chi connectivity index (χ0n) is 62.9. The molecule has 0 spiro atoms. The van der Waals surface area contributed by atoms with Crippen LogP contribution in [-0.4, -0.2) is 16.7 Å². The van der Waals surface area contributed by atoms with Crippen LogP contribution in [0.1, 0.15) is 0 Å². The summed E-state index contributed by atoms with van der Waals surface area (Å²) in [5.74, 6) is 0.603. The van der Waals surface area contributed by atoms with Gasteiger partial charge in [0.1, 0.15) is 0 Å². The first-order valence-corrected chi connectivity index (χ1v) is 39.6. The van der Waals surface area contributed by atoms with Crippen molar-refractivity contribution in [3.05, 3.63) is 431 Å². The Morgan fingerprint density at radius 1 is 0.165 bits per heavy atom. The third kappa shape index (κ3) is 12.3. The van der Waals surface area contributed by atoms with E-state index in [0.717, 1.165) is 162 Å². The highest BCUT2D eigenvalue weighted by Gasteiger charge is 2.45. The van der Waals surface area contributed by atoms with Gasteiger partial charge in [-0.25, -0.2) is 9.97 Å². The molecular weight excluding hydrogens is 1390 g/mol. The summed E-state index contributed by atoms with van der Waals surface area (Å²) in [5.41, 5.74) is 32.0. The molecule has 20 aromatic rings. The molecule has 1 aromatic heterocycles. The highest BCUT2D eigenvalue weighted by Crippen LogP contribution is 2.51. The van der Waals surface area contributed by atoms with Crippen LogP contribution in [0.2, 0.25) is 0 Å². The van der Waals surface area contributed by atoms with E-state index in [1.807, 2.05) is 0 Å². The molecule has 0 N–H and O–H groups in total. The van der Waals surface area contributed by atoms with E-state index in [-0.39, 0.29) is 6.71 Å². The van der Waals surface area contributed by atoms with E-state index in [0.29, 0.717) is 5.82 Å². The highest BCUT2D eigenvalue weighted by molar-refractivity contribution is 7.00. The minimum Gasteiger partial charge on any atom is -0.311 e. The van der Waals surface area contributed by atoms with Crippen LogP contribution in [-0.2, 0) is 0 Å². The Balaban J connectivity index is 0.898. The summed E-state index contributed by atoms with van der Waals surface area (Å²) in [4.78, 5) is 17.2. The first-order chi connectivity index (χ1) is 56.9. The van der Waals surface area contributed by atoms with Crippen molar-refractivity contribution in [2.75, 3.05) is 9.80 Å². The molecule has 2 aliphatic heterocycles. The Kier molecular flexibility index (Phi) is 16.3. The van der Waals surface area contributed by atoms with Crippen molar-refractivity contribution in [3.63, 3.8) is 0 Å². The molecule has 5 heteroatoms. The van der Waals surface area contributed by atoms with Crippen molar-refractivity contribution in [1.29, 1.82) is 0 Å². The van der Waals surface area contributed by atoms with Gasteiger partial charge in [0, 0.05) is 50.8 Å². The molecule has 0 saturated heterocycles. The molecule has 0 unspecified atom stereocenters. The minimum atomic E-state index is -0.286. The number of benzene rings is 19. The second-order valence-corrected chi connectivity index (χ2v) is 30.5. The normalized spacial score (nSPS) is 12.1. The topological polar surface area (TPSA) is 32.3 Å². The van der Waals surface area contributed by atoms with Gasteiger partial charge in [0.2, 0.25) is 0 Å². The molecule has 115 heavy (non-hydrogen) atoms. The van der Waals surface area contributed by atoms with Crippen molar-refractivity contribution >= 4 is 100 Å². The maximum atomic E-state index is 6.08. The number of fused-ring (bicyclic) bond motifs is 8. The van der Waals surface area contributed by atoms with Crippen LogP contribution in [0.5, 0.6) is 0 Å². The third-order valence-corrected chi connectivity index (χ3v) is 23.4. The van der Waals surface area contributed by atoms with Crippen molar-refractivity contribution in [3.8, 4) is 123 Å². The number of hydrogen-bond acceptors (Lipinski definition) is 4. The fourth-order valence-electron chi connectivity index (χ4n) is 17.8. The summed E-state index contributed by atoms with van der Waals surface area (Å²) in [6, 6.07) is 159. The predicted octanol–water partition coefficient (Wildman–Crippen LogP) is 27.5. The van der Waals surface area contributed by atoms with E-state index >= 15 is 0 Å². The average molecular weight is 1460 g/mol. The quantitative estimate of drug-likeness (QED) is 0.0851. The smallest absolute Gasteiger partial charge is 0.252 e. The van der Waals surface area contributed by atoms with Gasteiger partial charge in [0.15, 0.2) is 5.82 Å². The van der Waals surface area contributed by atoms with Gasteiger partial charge in [0.05, 0.1) is 11.4 Å². The van der Waals surface area contributed by atoms with Crippen LogP contribution in [0.3, 0.4) is 0 Å². The SMILES string of the molecule is c1ccc(-c2cc(-c3ccccc3)cc(-c3cc(-c4cc5c6c(c4)N(c4cc(-c7ccccc7)cc(-c7ccccc7)c4)c4cc7cc8ccccc8cc7cc4B6c4cc6cc7ccccc7cc6cc4N5c4cc(-c5ccccc5)cc(-c5ccccc5)c4)nc(-c4cc(-c5ccccc5)cc(-c5ccccc5)c4)n3)c2)cc1. The number of rotatable bonds is 13. The van der Waals surface area contributed by atoms with E-state index in [1.54, 1.807) is 0 Å². The molecule has 0 radical (unpaired) electrons. The zero-order chi connectivity index (χ0) is 75.9. The summed E-state index contributed by atoms with van der Waals surface area (Å²) >= 11 is 0. The fraction of sp³-hybridized carbons (Fsp3) is 0. The Hall–Kier alpha value is -15.0. The van der Waals surface area contributed by atoms with E-state index in [4.69, 9.17) is 9.97 Å². The lowest BCUT2D eigenvalue weighted by atomic mass is 9.33. The Morgan fingerprint density at radius 3 is 0.687 bits per heavy atom. The van der Waals surface area contributed by atoms with E-state index in [2.05, 4.69) is 441 Å². The molecule has 22 rings (SSSR count). The molecule has 19 aromatic carbocycles. The van der Waals surface area contributed by atoms with Crippen LogP contribution >= 0.6 is 0 Å². The van der Waals surface area contributed by atoms with Gasteiger partial charge < -0.3 is 9.80 Å².